The SMILES string of the molecule is CC(OC(=O)CCC(=O)c1ccc(Cl)s1)C(=O)N1CCc2ccccc2C1. The fourth-order valence-corrected chi connectivity index (χ4v) is 4.06. The molecule has 1 unspecified atom stereocenters. The van der Waals surface area contributed by atoms with E-state index in [-0.39, 0.29) is 24.5 Å². The van der Waals surface area contributed by atoms with Crippen LogP contribution in [0.2, 0.25) is 4.34 Å². The lowest BCUT2D eigenvalue weighted by Crippen LogP contribution is -2.42. The Kier molecular flexibility index (Phi) is 6.29. The average molecular weight is 406 g/mol. The van der Waals surface area contributed by atoms with Crippen molar-refractivity contribution in [3.05, 3.63) is 56.7 Å². The van der Waals surface area contributed by atoms with Crippen LogP contribution in [0.25, 0.3) is 0 Å². The van der Waals surface area contributed by atoms with E-state index in [2.05, 4.69) is 6.07 Å². The van der Waals surface area contributed by atoms with Crippen molar-refractivity contribution < 1.29 is 19.1 Å². The van der Waals surface area contributed by atoms with Crippen molar-refractivity contribution >= 4 is 40.6 Å². The van der Waals surface area contributed by atoms with Gasteiger partial charge in [0.2, 0.25) is 0 Å². The molecule has 0 radical (unpaired) electrons. The van der Waals surface area contributed by atoms with Crippen molar-refractivity contribution in [2.24, 2.45) is 0 Å². The largest absolute Gasteiger partial charge is 0.453 e. The molecule has 1 aliphatic heterocycles. The minimum atomic E-state index is -0.867. The topological polar surface area (TPSA) is 63.7 Å². The molecular weight excluding hydrogens is 386 g/mol. The first kappa shape index (κ1) is 19.6. The lowest BCUT2D eigenvalue weighted by Gasteiger charge is -2.30. The fraction of sp³-hybridized carbons (Fsp3) is 0.350. The third-order valence-electron chi connectivity index (χ3n) is 4.50. The van der Waals surface area contributed by atoms with Crippen molar-refractivity contribution in [1.29, 1.82) is 0 Å². The van der Waals surface area contributed by atoms with Crippen LogP contribution in [0, 0.1) is 0 Å². The van der Waals surface area contributed by atoms with Gasteiger partial charge in [-0.3, -0.25) is 14.4 Å². The van der Waals surface area contributed by atoms with Gasteiger partial charge in [-0.1, -0.05) is 35.9 Å². The number of amides is 1. The smallest absolute Gasteiger partial charge is 0.307 e. The van der Waals surface area contributed by atoms with Crippen LogP contribution in [0.4, 0.5) is 0 Å². The molecule has 0 aliphatic carbocycles. The Bertz CT molecular complexity index is 863. The number of thiophene rings is 1. The predicted octanol–water partition coefficient (Wildman–Crippen LogP) is 3.88. The summed E-state index contributed by atoms with van der Waals surface area (Å²) < 4.78 is 5.77. The van der Waals surface area contributed by atoms with Gasteiger partial charge in [-0.2, -0.15) is 0 Å². The lowest BCUT2D eigenvalue weighted by molar-refractivity contribution is -0.159. The van der Waals surface area contributed by atoms with Gasteiger partial charge in [-0.25, -0.2) is 0 Å². The Morgan fingerprint density at radius 1 is 1.15 bits per heavy atom. The summed E-state index contributed by atoms with van der Waals surface area (Å²) >= 11 is 6.99. The summed E-state index contributed by atoms with van der Waals surface area (Å²) in [6.45, 7) is 2.70. The van der Waals surface area contributed by atoms with Crippen molar-refractivity contribution in [3.63, 3.8) is 0 Å². The molecule has 2 aromatic rings. The maximum atomic E-state index is 12.6. The molecule has 0 bridgehead atoms. The number of hydrogen-bond acceptors (Lipinski definition) is 5. The standard InChI is InChI=1S/C20H20ClNO4S/c1-13(20(25)22-11-10-14-4-2-3-5-15(14)12-22)26-19(24)9-6-16(23)17-7-8-18(21)27-17/h2-5,7-8,13H,6,9-12H2,1H3. The molecule has 0 spiro atoms. The number of halogens is 1. The highest BCUT2D eigenvalue weighted by atomic mass is 35.5. The second kappa shape index (κ2) is 8.67. The van der Waals surface area contributed by atoms with Gasteiger partial charge in [0.15, 0.2) is 11.9 Å². The molecule has 0 saturated carbocycles. The molecule has 1 amide bonds. The molecule has 5 nitrogen and oxygen atoms in total. The highest BCUT2D eigenvalue weighted by molar-refractivity contribution is 7.18. The quantitative estimate of drug-likeness (QED) is 0.540. The number of fused-ring (bicyclic) bond motifs is 1. The molecule has 3 rings (SSSR count). The number of Topliss-reactive ketones (excluding diaryl/α,β-unsaturated/α-hetero) is 1. The van der Waals surface area contributed by atoms with Crippen molar-refractivity contribution in [1.82, 2.24) is 4.90 Å². The molecule has 142 valence electrons. The number of ether oxygens (including phenoxy) is 1. The second-order valence-electron chi connectivity index (χ2n) is 6.44. The molecule has 0 N–H and O–H groups in total. The second-order valence-corrected chi connectivity index (χ2v) is 8.15. The summed E-state index contributed by atoms with van der Waals surface area (Å²) in [4.78, 5) is 38.8. The molecule has 0 saturated heterocycles. The zero-order chi connectivity index (χ0) is 19.4. The Morgan fingerprint density at radius 2 is 1.89 bits per heavy atom. The van der Waals surface area contributed by atoms with E-state index < -0.39 is 12.1 Å². The van der Waals surface area contributed by atoms with Gasteiger partial charge in [-0.15, -0.1) is 11.3 Å². The Balaban J connectivity index is 1.48. The summed E-state index contributed by atoms with van der Waals surface area (Å²) in [6.07, 6.45) is -0.0998. The summed E-state index contributed by atoms with van der Waals surface area (Å²) in [5.41, 5.74) is 2.37. The molecule has 1 aliphatic rings. The van der Waals surface area contributed by atoms with E-state index >= 15 is 0 Å². The Labute approximate surface area is 166 Å². The van der Waals surface area contributed by atoms with Crippen LogP contribution < -0.4 is 0 Å². The normalized spacial score (nSPS) is 14.4. The predicted molar refractivity (Wildman–Crippen MR) is 104 cm³/mol. The summed E-state index contributed by atoms with van der Waals surface area (Å²) in [5, 5.41) is 0. The third kappa shape index (κ3) is 4.96. The van der Waals surface area contributed by atoms with Crippen molar-refractivity contribution in [2.75, 3.05) is 6.54 Å². The fourth-order valence-electron chi connectivity index (χ4n) is 3.05. The van der Waals surface area contributed by atoms with Gasteiger partial charge in [0.05, 0.1) is 15.6 Å². The zero-order valence-electron chi connectivity index (χ0n) is 14.9. The number of carbonyl (C=O) groups is 3. The lowest BCUT2D eigenvalue weighted by atomic mass is 9.99. The van der Waals surface area contributed by atoms with Gasteiger partial charge >= 0.3 is 5.97 Å². The zero-order valence-corrected chi connectivity index (χ0v) is 16.5. The summed E-state index contributed by atoms with van der Waals surface area (Å²) in [5.74, 6) is -0.922. The maximum Gasteiger partial charge on any atom is 0.307 e. The first-order chi connectivity index (χ1) is 12.9. The van der Waals surface area contributed by atoms with Gasteiger partial charge in [0, 0.05) is 19.5 Å². The van der Waals surface area contributed by atoms with Crippen LogP contribution in [0.5, 0.6) is 0 Å². The van der Waals surface area contributed by atoms with E-state index in [1.807, 2.05) is 18.2 Å². The van der Waals surface area contributed by atoms with Crippen molar-refractivity contribution in [2.45, 2.75) is 38.8 Å². The van der Waals surface area contributed by atoms with Crippen LogP contribution in [-0.4, -0.2) is 35.2 Å². The van der Waals surface area contributed by atoms with Crippen LogP contribution in [-0.2, 0) is 27.3 Å². The van der Waals surface area contributed by atoms with Gasteiger partial charge in [-0.05, 0) is 36.6 Å². The number of hydrogen-bond donors (Lipinski definition) is 0. The number of benzene rings is 1. The molecule has 2 heterocycles. The molecular formula is C20H20ClNO4S. The number of esters is 1. The van der Waals surface area contributed by atoms with Crippen LogP contribution >= 0.6 is 22.9 Å². The van der Waals surface area contributed by atoms with Gasteiger partial charge in [0.1, 0.15) is 0 Å². The number of rotatable bonds is 6. The molecule has 7 heteroatoms. The average Bonchev–Trinajstić information content (AvgIpc) is 3.11. The molecule has 1 aromatic carbocycles. The third-order valence-corrected chi connectivity index (χ3v) is 5.77. The number of carbonyl (C=O) groups excluding carboxylic acids is 3. The van der Waals surface area contributed by atoms with Crippen molar-refractivity contribution in [3.8, 4) is 0 Å². The monoisotopic (exact) mass is 405 g/mol. The first-order valence-electron chi connectivity index (χ1n) is 8.77. The van der Waals surface area contributed by atoms with E-state index in [1.54, 1.807) is 24.0 Å². The van der Waals surface area contributed by atoms with Gasteiger partial charge < -0.3 is 9.64 Å². The van der Waals surface area contributed by atoms with Crippen LogP contribution in [0.1, 0.15) is 40.6 Å². The van der Waals surface area contributed by atoms with Gasteiger partial charge in [0.25, 0.3) is 5.91 Å². The highest BCUT2D eigenvalue weighted by Gasteiger charge is 2.27. The minimum Gasteiger partial charge on any atom is -0.453 e. The Morgan fingerprint density at radius 3 is 2.59 bits per heavy atom. The van der Waals surface area contributed by atoms with E-state index in [1.165, 1.54) is 16.9 Å². The summed E-state index contributed by atoms with van der Waals surface area (Å²) in [7, 11) is 0. The maximum absolute atomic E-state index is 12.6. The highest BCUT2D eigenvalue weighted by Crippen LogP contribution is 2.23. The number of nitrogens with zero attached hydrogens (tertiary/aromatic N) is 1. The van der Waals surface area contributed by atoms with Crippen LogP contribution in [0.3, 0.4) is 0 Å². The van der Waals surface area contributed by atoms with E-state index in [4.69, 9.17) is 16.3 Å². The number of ketones is 1. The van der Waals surface area contributed by atoms with Crippen LogP contribution in [0.15, 0.2) is 36.4 Å². The molecule has 0 fully saturated rings. The summed E-state index contributed by atoms with van der Waals surface area (Å²) in [6, 6.07) is 11.3. The molecule has 1 atom stereocenters. The van der Waals surface area contributed by atoms with E-state index in [0.29, 0.717) is 22.3 Å². The molecule has 1 aromatic heterocycles. The first-order valence-corrected chi connectivity index (χ1v) is 9.97. The van der Waals surface area contributed by atoms with E-state index in [9.17, 15) is 14.4 Å². The Hall–Kier alpha value is -2.18. The minimum absolute atomic E-state index is 0.0354. The van der Waals surface area contributed by atoms with E-state index in [0.717, 1.165) is 12.0 Å². The molecule has 27 heavy (non-hydrogen) atoms.